The highest BCUT2D eigenvalue weighted by Crippen LogP contribution is 2.48. The Bertz CT molecular complexity index is 138. The predicted octanol–water partition coefficient (Wildman–Crippen LogP) is 2.34. The van der Waals surface area contributed by atoms with Crippen LogP contribution >= 0.6 is 0 Å². The van der Waals surface area contributed by atoms with E-state index in [9.17, 15) is 0 Å². The summed E-state index contributed by atoms with van der Waals surface area (Å²) in [5.74, 6) is 1.79. The average molecular weight is 138 g/mol. The van der Waals surface area contributed by atoms with Crippen LogP contribution < -0.4 is 0 Å². The molecule has 0 heterocycles. The molecule has 0 amide bonds. The van der Waals surface area contributed by atoms with Gasteiger partial charge in [0.15, 0.2) is 0 Å². The Morgan fingerprint density at radius 2 is 1.70 bits per heavy atom. The second-order valence-electron chi connectivity index (χ2n) is 3.40. The lowest BCUT2D eigenvalue weighted by Gasteiger charge is -2.04. The largest absolute Gasteiger partial charge is 0.504 e. The molecular formula is C9H14O. The van der Waals surface area contributed by atoms with E-state index in [1.165, 1.54) is 25.7 Å². The van der Waals surface area contributed by atoms with Gasteiger partial charge in [0, 0.05) is 0 Å². The SMILES string of the molecule is COC=C1C2CCC1CC2. The first kappa shape index (κ1) is 6.26. The zero-order chi connectivity index (χ0) is 6.97. The zero-order valence-electron chi connectivity index (χ0n) is 6.47. The fourth-order valence-corrected chi connectivity index (χ4v) is 2.42. The van der Waals surface area contributed by atoms with Crippen molar-refractivity contribution in [3.8, 4) is 0 Å². The van der Waals surface area contributed by atoms with E-state index in [1.807, 2.05) is 6.26 Å². The van der Waals surface area contributed by atoms with E-state index in [4.69, 9.17) is 4.74 Å². The van der Waals surface area contributed by atoms with Crippen LogP contribution in [0.3, 0.4) is 0 Å². The van der Waals surface area contributed by atoms with Gasteiger partial charge in [0.1, 0.15) is 0 Å². The van der Waals surface area contributed by atoms with Crippen LogP contribution in [0, 0.1) is 11.8 Å². The van der Waals surface area contributed by atoms with Gasteiger partial charge < -0.3 is 4.74 Å². The number of ether oxygens (including phenoxy) is 1. The molecule has 2 aliphatic rings. The summed E-state index contributed by atoms with van der Waals surface area (Å²) < 4.78 is 5.04. The summed E-state index contributed by atoms with van der Waals surface area (Å²) in [6.45, 7) is 0. The average Bonchev–Trinajstić information content (AvgIpc) is 2.50. The molecule has 0 aromatic rings. The monoisotopic (exact) mass is 138 g/mol. The van der Waals surface area contributed by atoms with E-state index < -0.39 is 0 Å². The topological polar surface area (TPSA) is 9.23 Å². The fourth-order valence-electron chi connectivity index (χ4n) is 2.42. The van der Waals surface area contributed by atoms with E-state index in [0.29, 0.717) is 0 Å². The Hall–Kier alpha value is -0.460. The third kappa shape index (κ3) is 0.764. The maximum atomic E-state index is 5.04. The number of hydrogen-bond acceptors (Lipinski definition) is 1. The van der Waals surface area contributed by atoms with Gasteiger partial charge in [-0.2, -0.15) is 0 Å². The van der Waals surface area contributed by atoms with Crippen LogP contribution in [0.25, 0.3) is 0 Å². The third-order valence-corrected chi connectivity index (χ3v) is 2.92. The van der Waals surface area contributed by atoms with Gasteiger partial charge in [-0.1, -0.05) is 0 Å². The number of hydrogen-bond donors (Lipinski definition) is 0. The van der Waals surface area contributed by atoms with Crippen molar-refractivity contribution >= 4 is 0 Å². The highest BCUT2D eigenvalue weighted by Gasteiger charge is 2.36. The predicted molar refractivity (Wildman–Crippen MR) is 40.5 cm³/mol. The summed E-state index contributed by atoms with van der Waals surface area (Å²) in [5.41, 5.74) is 1.60. The van der Waals surface area contributed by atoms with Gasteiger partial charge in [-0.05, 0) is 43.1 Å². The Balaban J connectivity index is 2.16. The van der Waals surface area contributed by atoms with Gasteiger partial charge in [-0.25, -0.2) is 0 Å². The van der Waals surface area contributed by atoms with Crippen molar-refractivity contribution in [2.24, 2.45) is 11.8 Å². The van der Waals surface area contributed by atoms with Crippen molar-refractivity contribution in [1.82, 2.24) is 0 Å². The summed E-state index contributed by atoms with van der Waals surface area (Å²) in [5, 5.41) is 0. The molecular weight excluding hydrogens is 124 g/mol. The van der Waals surface area contributed by atoms with E-state index in [-0.39, 0.29) is 0 Å². The number of methoxy groups -OCH3 is 1. The maximum Gasteiger partial charge on any atom is 0.0822 e. The van der Waals surface area contributed by atoms with Crippen molar-refractivity contribution in [3.63, 3.8) is 0 Å². The standard InChI is InChI=1S/C9H14O/c1-10-6-9-7-2-3-8(9)5-4-7/h6-8H,2-5H2,1H3. The molecule has 0 unspecified atom stereocenters. The molecule has 10 heavy (non-hydrogen) atoms. The first-order valence-corrected chi connectivity index (χ1v) is 4.14. The van der Waals surface area contributed by atoms with Crippen LogP contribution in [0.15, 0.2) is 11.8 Å². The van der Waals surface area contributed by atoms with Crippen LogP contribution in [-0.2, 0) is 4.74 Å². The molecule has 0 aromatic carbocycles. The van der Waals surface area contributed by atoms with Gasteiger partial charge >= 0.3 is 0 Å². The number of fused-ring (bicyclic) bond motifs is 2. The molecule has 1 heteroatoms. The molecule has 0 spiro atoms. The summed E-state index contributed by atoms with van der Waals surface area (Å²) in [6.07, 6.45) is 7.65. The summed E-state index contributed by atoms with van der Waals surface area (Å²) in [4.78, 5) is 0. The number of allylic oxidation sites excluding steroid dienone is 1. The van der Waals surface area contributed by atoms with Crippen molar-refractivity contribution < 1.29 is 4.74 Å². The van der Waals surface area contributed by atoms with E-state index in [1.54, 1.807) is 12.7 Å². The van der Waals surface area contributed by atoms with Gasteiger partial charge in [-0.3, -0.25) is 0 Å². The first-order chi connectivity index (χ1) is 4.92. The normalized spacial score (nSPS) is 36.7. The second kappa shape index (κ2) is 2.30. The van der Waals surface area contributed by atoms with E-state index in [0.717, 1.165) is 11.8 Å². The molecule has 0 aromatic heterocycles. The molecule has 2 fully saturated rings. The summed E-state index contributed by atoms with van der Waals surface area (Å²) >= 11 is 0. The van der Waals surface area contributed by atoms with Crippen molar-refractivity contribution in [1.29, 1.82) is 0 Å². The molecule has 1 nitrogen and oxygen atoms in total. The van der Waals surface area contributed by atoms with Crippen LogP contribution in [0.2, 0.25) is 0 Å². The lowest BCUT2D eigenvalue weighted by atomic mass is 10.0. The molecule has 0 saturated heterocycles. The lowest BCUT2D eigenvalue weighted by Crippen LogP contribution is -1.90. The van der Waals surface area contributed by atoms with Crippen LogP contribution in [0.5, 0.6) is 0 Å². The van der Waals surface area contributed by atoms with Crippen molar-refractivity contribution in [2.75, 3.05) is 7.11 Å². The first-order valence-electron chi connectivity index (χ1n) is 4.14. The minimum absolute atomic E-state index is 0.893. The highest BCUT2D eigenvalue weighted by molar-refractivity contribution is 5.18. The van der Waals surface area contributed by atoms with Crippen LogP contribution in [0.4, 0.5) is 0 Å². The van der Waals surface area contributed by atoms with Crippen molar-refractivity contribution in [3.05, 3.63) is 11.8 Å². The molecule has 0 N–H and O–H groups in total. The molecule has 2 rings (SSSR count). The number of rotatable bonds is 1. The van der Waals surface area contributed by atoms with E-state index in [2.05, 4.69) is 0 Å². The maximum absolute atomic E-state index is 5.04. The Labute approximate surface area is 62.1 Å². The molecule has 0 aliphatic heterocycles. The molecule has 2 aliphatic carbocycles. The van der Waals surface area contributed by atoms with Gasteiger partial charge in [-0.15, -0.1) is 0 Å². The molecule has 0 atom stereocenters. The van der Waals surface area contributed by atoms with Gasteiger partial charge in [0.2, 0.25) is 0 Å². The van der Waals surface area contributed by atoms with Crippen LogP contribution in [-0.4, -0.2) is 7.11 Å². The minimum Gasteiger partial charge on any atom is -0.504 e. The fraction of sp³-hybridized carbons (Fsp3) is 0.778. The van der Waals surface area contributed by atoms with E-state index >= 15 is 0 Å². The van der Waals surface area contributed by atoms with Gasteiger partial charge in [0.05, 0.1) is 13.4 Å². The molecule has 56 valence electrons. The Morgan fingerprint density at radius 3 is 2.10 bits per heavy atom. The summed E-state index contributed by atoms with van der Waals surface area (Å²) in [7, 11) is 1.75. The molecule has 2 bridgehead atoms. The van der Waals surface area contributed by atoms with Crippen LogP contribution in [0.1, 0.15) is 25.7 Å². The highest BCUT2D eigenvalue weighted by atomic mass is 16.5. The third-order valence-electron chi connectivity index (χ3n) is 2.92. The second-order valence-corrected chi connectivity index (χ2v) is 3.40. The zero-order valence-corrected chi connectivity index (χ0v) is 6.47. The van der Waals surface area contributed by atoms with Gasteiger partial charge in [0.25, 0.3) is 0 Å². The molecule has 0 radical (unpaired) electrons. The Kier molecular flexibility index (Phi) is 1.44. The molecule has 2 saturated carbocycles. The minimum atomic E-state index is 0.893. The smallest absolute Gasteiger partial charge is 0.0822 e. The lowest BCUT2D eigenvalue weighted by molar-refractivity contribution is 0.329. The van der Waals surface area contributed by atoms with Crippen molar-refractivity contribution in [2.45, 2.75) is 25.7 Å². The quantitative estimate of drug-likeness (QED) is 0.505. The summed E-state index contributed by atoms with van der Waals surface area (Å²) in [6, 6.07) is 0. The Morgan fingerprint density at radius 1 is 1.20 bits per heavy atom.